The Morgan fingerprint density at radius 3 is 2.68 bits per heavy atom. The number of benzene rings is 1. The van der Waals surface area contributed by atoms with Gasteiger partial charge in [0.25, 0.3) is 0 Å². The van der Waals surface area contributed by atoms with Crippen LogP contribution in [0.15, 0.2) is 64.4 Å². The zero-order chi connectivity index (χ0) is 17.9. The number of nitrogens with zero attached hydrogens (tertiary/aromatic N) is 1. The summed E-state index contributed by atoms with van der Waals surface area (Å²) < 4.78 is 37.3. The molecule has 0 saturated carbocycles. The van der Waals surface area contributed by atoms with E-state index in [-0.39, 0.29) is 16.5 Å². The van der Waals surface area contributed by atoms with Crippen molar-refractivity contribution in [3.8, 4) is 17.0 Å². The van der Waals surface area contributed by atoms with E-state index < -0.39 is 10.0 Å². The van der Waals surface area contributed by atoms with Gasteiger partial charge >= 0.3 is 0 Å². The predicted molar refractivity (Wildman–Crippen MR) is 94.0 cm³/mol. The highest BCUT2D eigenvalue weighted by Crippen LogP contribution is 2.27. The van der Waals surface area contributed by atoms with E-state index in [0.29, 0.717) is 5.75 Å². The Morgan fingerprint density at radius 2 is 2.08 bits per heavy atom. The Morgan fingerprint density at radius 1 is 1.24 bits per heavy atom. The summed E-state index contributed by atoms with van der Waals surface area (Å²) in [6.45, 7) is 0.116. The molecule has 0 aliphatic heterocycles. The van der Waals surface area contributed by atoms with Gasteiger partial charge in [0, 0.05) is 18.3 Å². The van der Waals surface area contributed by atoms with Crippen LogP contribution in [0.1, 0.15) is 5.56 Å². The highest BCUT2D eigenvalue weighted by Gasteiger charge is 2.16. The first kappa shape index (κ1) is 17.5. The number of sulfonamides is 1. The van der Waals surface area contributed by atoms with Crippen molar-refractivity contribution in [1.82, 2.24) is 9.71 Å². The summed E-state index contributed by atoms with van der Waals surface area (Å²) in [7, 11) is -2.23. The van der Waals surface area contributed by atoms with Crippen LogP contribution in [0.4, 0.5) is 0 Å². The summed E-state index contributed by atoms with van der Waals surface area (Å²) in [5.41, 5.74) is 2.35. The number of ether oxygens (including phenoxy) is 1. The van der Waals surface area contributed by atoms with E-state index in [4.69, 9.17) is 20.8 Å². The van der Waals surface area contributed by atoms with Crippen molar-refractivity contribution >= 4 is 21.6 Å². The van der Waals surface area contributed by atoms with Gasteiger partial charge in [0.05, 0.1) is 35.2 Å². The maximum atomic E-state index is 12.4. The van der Waals surface area contributed by atoms with Crippen molar-refractivity contribution in [3.63, 3.8) is 0 Å². The predicted octanol–water partition coefficient (Wildman–Crippen LogP) is 3.48. The van der Waals surface area contributed by atoms with Crippen LogP contribution >= 0.6 is 11.6 Å². The summed E-state index contributed by atoms with van der Waals surface area (Å²) in [5.74, 6) is 0.416. The number of rotatable bonds is 6. The van der Waals surface area contributed by atoms with Crippen molar-refractivity contribution in [2.75, 3.05) is 7.11 Å². The monoisotopic (exact) mass is 378 g/mol. The zero-order valence-corrected chi connectivity index (χ0v) is 14.8. The maximum absolute atomic E-state index is 12.4. The number of aromatic nitrogens is 1. The number of halogens is 1. The second-order valence-corrected chi connectivity index (χ2v) is 7.36. The normalized spacial score (nSPS) is 11.4. The first-order chi connectivity index (χ1) is 12.0. The molecule has 0 bridgehead atoms. The molecule has 0 atom stereocenters. The minimum absolute atomic E-state index is 0.0706. The molecule has 0 aliphatic carbocycles. The van der Waals surface area contributed by atoms with Crippen LogP contribution in [0.25, 0.3) is 11.3 Å². The summed E-state index contributed by atoms with van der Waals surface area (Å²) >= 11 is 5.98. The molecule has 0 unspecified atom stereocenters. The largest absolute Gasteiger partial charge is 0.495 e. The zero-order valence-electron chi connectivity index (χ0n) is 13.3. The molecule has 3 rings (SSSR count). The minimum Gasteiger partial charge on any atom is -0.495 e. The number of hydrogen-bond acceptors (Lipinski definition) is 5. The molecule has 8 heteroatoms. The maximum Gasteiger partial charge on any atom is 0.240 e. The Balaban J connectivity index is 1.71. The third kappa shape index (κ3) is 4.01. The average Bonchev–Trinajstić information content (AvgIpc) is 3.15. The van der Waals surface area contributed by atoms with Crippen molar-refractivity contribution in [2.45, 2.75) is 11.4 Å². The Labute approximate surface area is 150 Å². The SMILES string of the molecule is COc1ccc(S(=O)(=O)NCc2ccc(-c3ccoc3)nc2)cc1Cl. The van der Waals surface area contributed by atoms with Gasteiger partial charge in [-0.2, -0.15) is 0 Å². The average molecular weight is 379 g/mol. The van der Waals surface area contributed by atoms with Gasteiger partial charge in [0.1, 0.15) is 5.75 Å². The molecule has 1 N–H and O–H groups in total. The number of pyridine rings is 1. The highest BCUT2D eigenvalue weighted by atomic mass is 35.5. The molecule has 0 amide bonds. The van der Waals surface area contributed by atoms with E-state index >= 15 is 0 Å². The fraction of sp³-hybridized carbons (Fsp3) is 0.118. The molecule has 0 radical (unpaired) electrons. The number of methoxy groups -OCH3 is 1. The van der Waals surface area contributed by atoms with Crippen LogP contribution in [0.3, 0.4) is 0 Å². The van der Waals surface area contributed by atoms with Crippen molar-refractivity contribution in [3.05, 3.63) is 65.7 Å². The smallest absolute Gasteiger partial charge is 0.240 e. The van der Waals surface area contributed by atoms with E-state index in [9.17, 15) is 8.42 Å². The Kier molecular flexibility index (Phi) is 5.08. The van der Waals surface area contributed by atoms with Crippen molar-refractivity contribution in [1.29, 1.82) is 0 Å². The molecule has 2 heterocycles. The minimum atomic E-state index is -3.69. The summed E-state index contributed by atoms with van der Waals surface area (Å²) in [6.07, 6.45) is 4.78. The third-order valence-corrected chi connectivity index (χ3v) is 5.24. The molecule has 0 fully saturated rings. The van der Waals surface area contributed by atoms with Crippen molar-refractivity contribution in [2.24, 2.45) is 0 Å². The second kappa shape index (κ2) is 7.26. The molecule has 3 aromatic rings. The first-order valence-electron chi connectivity index (χ1n) is 7.30. The number of hydrogen-bond donors (Lipinski definition) is 1. The van der Waals surface area contributed by atoms with Crippen LogP contribution in [-0.2, 0) is 16.6 Å². The molecular formula is C17H15ClN2O4S. The summed E-state index contributed by atoms with van der Waals surface area (Å²) in [5, 5.41) is 0.233. The first-order valence-corrected chi connectivity index (χ1v) is 9.16. The molecular weight excluding hydrogens is 364 g/mol. The van der Waals surface area contributed by atoms with E-state index in [1.807, 2.05) is 0 Å². The topological polar surface area (TPSA) is 81.4 Å². The molecule has 1 aromatic carbocycles. The van der Waals surface area contributed by atoms with E-state index in [1.165, 1.54) is 25.3 Å². The summed E-state index contributed by atoms with van der Waals surface area (Å²) in [6, 6.07) is 9.71. The highest BCUT2D eigenvalue weighted by molar-refractivity contribution is 7.89. The second-order valence-electron chi connectivity index (χ2n) is 5.18. The van der Waals surface area contributed by atoms with Gasteiger partial charge in [-0.15, -0.1) is 0 Å². The summed E-state index contributed by atoms with van der Waals surface area (Å²) in [4.78, 5) is 4.37. The Hall–Kier alpha value is -2.35. The van der Waals surface area contributed by atoms with Crippen LogP contribution in [0.5, 0.6) is 5.75 Å². The van der Waals surface area contributed by atoms with Gasteiger partial charge in [0.15, 0.2) is 0 Å². The van der Waals surface area contributed by atoms with Gasteiger partial charge in [-0.1, -0.05) is 17.7 Å². The van der Waals surface area contributed by atoms with E-state index in [1.54, 1.807) is 36.9 Å². The van der Waals surface area contributed by atoms with Crippen LogP contribution in [-0.4, -0.2) is 20.5 Å². The molecule has 25 heavy (non-hydrogen) atoms. The lowest BCUT2D eigenvalue weighted by Crippen LogP contribution is -2.23. The molecule has 6 nitrogen and oxygen atoms in total. The molecule has 0 aliphatic rings. The lowest BCUT2D eigenvalue weighted by molar-refractivity contribution is 0.414. The standard InChI is InChI=1S/C17H15ClN2O4S/c1-23-17-5-3-14(8-15(17)18)25(21,22)20-10-12-2-4-16(19-9-12)13-6-7-24-11-13/h2-9,11,20H,10H2,1H3. The van der Waals surface area contributed by atoms with Crippen LogP contribution < -0.4 is 9.46 Å². The van der Waals surface area contributed by atoms with Crippen LogP contribution in [0, 0.1) is 0 Å². The molecule has 0 spiro atoms. The van der Waals surface area contributed by atoms with E-state index in [2.05, 4.69) is 9.71 Å². The fourth-order valence-corrected chi connectivity index (χ4v) is 3.55. The molecule has 0 saturated heterocycles. The number of furan rings is 1. The molecule has 130 valence electrons. The lowest BCUT2D eigenvalue weighted by atomic mass is 10.2. The van der Waals surface area contributed by atoms with Gasteiger partial charge in [-0.05, 0) is 35.9 Å². The fourth-order valence-electron chi connectivity index (χ4n) is 2.19. The lowest BCUT2D eigenvalue weighted by Gasteiger charge is -2.09. The molecule has 2 aromatic heterocycles. The van der Waals surface area contributed by atoms with Gasteiger partial charge in [-0.3, -0.25) is 4.98 Å². The van der Waals surface area contributed by atoms with Crippen molar-refractivity contribution < 1.29 is 17.6 Å². The van der Waals surface area contributed by atoms with Gasteiger partial charge < -0.3 is 9.15 Å². The van der Waals surface area contributed by atoms with Crippen LogP contribution in [0.2, 0.25) is 5.02 Å². The van der Waals surface area contributed by atoms with E-state index in [0.717, 1.165) is 16.8 Å². The Bertz CT molecular complexity index is 955. The quantitative estimate of drug-likeness (QED) is 0.710. The third-order valence-electron chi connectivity index (χ3n) is 3.54. The number of nitrogens with one attached hydrogen (secondary N) is 1. The van der Waals surface area contributed by atoms with Gasteiger partial charge in [0.2, 0.25) is 10.0 Å². The van der Waals surface area contributed by atoms with Gasteiger partial charge in [-0.25, -0.2) is 13.1 Å².